The maximum atomic E-state index is 13.2. The summed E-state index contributed by atoms with van der Waals surface area (Å²) in [5.74, 6) is -0.530. The maximum absolute atomic E-state index is 13.2. The second kappa shape index (κ2) is 5.78. The Morgan fingerprint density at radius 1 is 1.32 bits per heavy atom. The number of nitriles is 1. The minimum atomic E-state index is -0.268. The van der Waals surface area contributed by atoms with Crippen molar-refractivity contribution in [3.05, 3.63) is 69.5 Å². The Kier molecular flexibility index (Phi) is 3.82. The number of amides is 1. The lowest BCUT2D eigenvalue weighted by Gasteiger charge is -2.14. The van der Waals surface area contributed by atoms with E-state index in [0.717, 1.165) is 24.0 Å². The molecular weight excluding hydrogens is 303 g/mol. The molecule has 1 aliphatic carbocycles. The van der Waals surface area contributed by atoms with Crippen LogP contribution in [0.15, 0.2) is 36.4 Å². The Morgan fingerprint density at radius 2 is 2.14 bits per heavy atom. The number of nitrogens with one attached hydrogen (secondary N) is 1. The van der Waals surface area contributed by atoms with Crippen LogP contribution in [0, 0.1) is 17.1 Å². The molecule has 0 aromatic heterocycles. The first-order valence-corrected chi connectivity index (χ1v) is 7.25. The standard InChI is InChI=1S/C17H12ClFN2O/c18-15-5-1-11(7-12(15)9-20)17(22)21-16-6-2-10-8-13(19)3-4-14(10)16/h1,3-5,7-8,16H,2,6H2,(H,21,22)/t16-/m0/s1. The number of hydrogen-bond acceptors (Lipinski definition) is 2. The monoisotopic (exact) mass is 314 g/mol. The molecule has 22 heavy (non-hydrogen) atoms. The van der Waals surface area contributed by atoms with Crippen molar-refractivity contribution >= 4 is 17.5 Å². The zero-order chi connectivity index (χ0) is 15.7. The Bertz CT molecular complexity index is 798. The molecule has 1 amide bonds. The number of carbonyl (C=O) groups excluding carboxylic acids is 1. The fourth-order valence-electron chi connectivity index (χ4n) is 2.73. The Balaban J connectivity index is 1.81. The van der Waals surface area contributed by atoms with Crippen LogP contribution in [-0.2, 0) is 6.42 Å². The third kappa shape index (κ3) is 2.68. The van der Waals surface area contributed by atoms with E-state index in [-0.39, 0.29) is 23.3 Å². The number of halogens is 2. The highest BCUT2D eigenvalue weighted by atomic mass is 35.5. The minimum absolute atomic E-state index is 0.135. The molecule has 0 bridgehead atoms. The lowest BCUT2D eigenvalue weighted by Crippen LogP contribution is -2.27. The molecular formula is C17H12ClFN2O. The van der Waals surface area contributed by atoms with Gasteiger partial charge in [-0.1, -0.05) is 17.7 Å². The average molecular weight is 315 g/mol. The molecule has 5 heteroatoms. The van der Waals surface area contributed by atoms with Crippen molar-refractivity contribution in [2.75, 3.05) is 0 Å². The molecule has 3 rings (SSSR count). The first kappa shape index (κ1) is 14.6. The number of nitrogens with zero attached hydrogens (tertiary/aromatic N) is 1. The van der Waals surface area contributed by atoms with Gasteiger partial charge < -0.3 is 5.32 Å². The van der Waals surface area contributed by atoms with Crippen LogP contribution in [0.5, 0.6) is 0 Å². The first-order valence-electron chi connectivity index (χ1n) is 6.87. The van der Waals surface area contributed by atoms with Crippen LogP contribution in [-0.4, -0.2) is 5.91 Å². The van der Waals surface area contributed by atoms with Crippen LogP contribution in [0.25, 0.3) is 0 Å². The summed E-state index contributed by atoms with van der Waals surface area (Å²) in [6, 6.07) is 11.0. The van der Waals surface area contributed by atoms with Crippen LogP contribution >= 0.6 is 11.6 Å². The average Bonchev–Trinajstić information content (AvgIpc) is 2.89. The summed E-state index contributed by atoms with van der Waals surface area (Å²) in [6.07, 6.45) is 1.48. The van der Waals surface area contributed by atoms with Gasteiger partial charge >= 0.3 is 0 Å². The molecule has 0 saturated carbocycles. The first-order chi connectivity index (χ1) is 10.6. The zero-order valence-corrected chi connectivity index (χ0v) is 12.3. The third-order valence-corrected chi connectivity index (χ3v) is 4.17. The lowest BCUT2D eigenvalue weighted by molar-refractivity contribution is 0.0936. The van der Waals surface area contributed by atoms with Gasteiger partial charge in [0, 0.05) is 5.56 Å². The van der Waals surface area contributed by atoms with Crippen molar-refractivity contribution in [3.63, 3.8) is 0 Å². The Morgan fingerprint density at radius 3 is 2.91 bits per heavy atom. The van der Waals surface area contributed by atoms with Gasteiger partial charge in [0.05, 0.1) is 16.6 Å². The van der Waals surface area contributed by atoms with Gasteiger partial charge in [0.1, 0.15) is 11.9 Å². The third-order valence-electron chi connectivity index (χ3n) is 3.84. The second-order valence-corrected chi connectivity index (χ2v) is 5.62. The van der Waals surface area contributed by atoms with Crippen LogP contribution in [0.1, 0.15) is 39.5 Å². The fraction of sp³-hybridized carbons (Fsp3) is 0.176. The van der Waals surface area contributed by atoms with Crippen molar-refractivity contribution in [2.24, 2.45) is 0 Å². The summed E-state index contributed by atoms with van der Waals surface area (Å²) < 4.78 is 13.2. The topological polar surface area (TPSA) is 52.9 Å². The van der Waals surface area contributed by atoms with Gasteiger partial charge in [-0.2, -0.15) is 5.26 Å². The molecule has 3 nitrogen and oxygen atoms in total. The largest absolute Gasteiger partial charge is 0.345 e. The van der Waals surface area contributed by atoms with Gasteiger partial charge in [-0.3, -0.25) is 4.79 Å². The van der Waals surface area contributed by atoms with Crippen LogP contribution in [0.2, 0.25) is 5.02 Å². The predicted molar refractivity (Wildman–Crippen MR) is 81.1 cm³/mol. The van der Waals surface area contributed by atoms with E-state index in [2.05, 4.69) is 5.32 Å². The Labute approximate surface area is 132 Å². The molecule has 0 heterocycles. The molecule has 2 aromatic rings. The highest BCUT2D eigenvalue weighted by Gasteiger charge is 2.24. The SMILES string of the molecule is N#Cc1cc(C(=O)N[C@H]2CCc3cc(F)ccc32)ccc1Cl. The zero-order valence-electron chi connectivity index (χ0n) is 11.6. The molecule has 1 N–H and O–H groups in total. The predicted octanol–water partition coefficient (Wildman–Crippen LogP) is 3.77. The number of benzene rings is 2. The van der Waals surface area contributed by atoms with Gasteiger partial charge in [-0.15, -0.1) is 0 Å². The maximum Gasteiger partial charge on any atom is 0.251 e. The van der Waals surface area contributed by atoms with Gasteiger partial charge in [0.25, 0.3) is 5.91 Å². The van der Waals surface area contributed by atoms with Gasteiger partial charge in [-0.05, 0) is 54.3 Å². The molecule has 0 unspecified atom stereocenters. The fourth-order valence-corrected chi connectivity index (χ4v) is 2.89. The number of aryl methyl sites for hydroxylation is 1. The van der Waals surface area contributed by atoms with Crippen LogP contribution in [0.4, 0.5) is 4.39 Å². The molecule has 1 atom stereocenters. The molecule has 0 fully saturated rings. The van der Waals surface area contributed by atoms with E-state index >= 15 is 0 Å². The molecule has 0 radical (unpaired) electrons. The quantitative estimate of drug-likeness (QED) is 0.917. The van der Waals surface area contributed by atoms with Crippen molar-refractivity contribution in [1.82, 2.24) is 5.32 Å². The molecule has 2 aromatic carbocycles. The van der Waals surface area contributed by atoms with Crippen molar-refractivity contribution in [3.8, 4) is 6.07 Å². The van der Waals surface area contributed by atoms with Gasteiger partial charge in [0.2, 0.25) is 0 Å². The van der Waals surface area contributed by atoms with Gasteiger partial charge in [-0.25, -0.2) is 4.39 Å². The number of rotatable bonds is 2. The highest BCUT2D eigenvalue weighted by molar-refractivity contribution is 6.31. The van der Waals surface area contributed by atoms with Crippen LogP contribution in [0.3, 0.4) is 0 Å². The summed E-state index contributed by atoms with van der Waals surface area (Å²) in [7, 11) is 0. The van der Waals surface area contributed by atoms with Crippen molar-refractivity contribution < 1.29 is 9.18 Å². The minimum Gasteiger partial charge on any atom is -0.345 e. The van der Waals surface area contributed by atoms with Crippen molar-refractivity contribution in [2.45, 2.75) is 18.9 Å². The molecule has 0 aliphatic heterocycles. The van der Waals surface area contributed by atoms with E-state index in [4.69, 9.17) is 16.9 Å². The molecule has 110 valence electrons. The summed E-state index contributed by atoms with van der Waals surface area (Å²) in [6.45, 7) is 0. The van der Waals surface area contributed by atoms with E-state index in [1.165, 1.54) is 24.3 Å². The van der Waals surface area contributed by atoms with E-state index < -0.39 is 0 Å². The Hall–Kier alpha value is -2.38. The van der Waals surface area contributed by atoms with Gasteiger partial charge in [0.15, 0.2) is 0 Å². The van der Waals surface area contributed by atoms with Crippen LogP contribution < -0.4 is 5.32 Å². The smallest absolute Gasteiger partial charge is 0.251 e. The van der Waals surface area contributed by atoms with E-state index in [1.807, 2.05) is 6.07 Å². The summed E-state index contributed by atoms with van der Waals surface area (Å²) >= 11 is 5.86. The summed E-state index contributed by atoms with van der Waals surface area (Å²) in [5.41, 5.74) is 2.53. The van der Waals surface area contributed by atoms with E-state index in [0.29, 0.717) is 10.6 Å². The summed E-state index contributed by atoms with van der Waals surface area (Å²) in [5, 5.41) is 12.2. The number of fused-ring (bicyclic) bond motifs is 1. The molecule has 0 saturated heterocycles. The normalized spacial score (nSPS) is 16.0. The second-order valence-electron chi connectivity index (χ2n) is 5.21. The van der Waals surface area contributed by atoms with E-state index in [1.54, 1.807) is 12.1 Å². The molecule has 0 spiro atoms. The molecule has 1 aliphatic rings. The highest BCUT2D eigenvalue weighted by Crippen LogP contribution is 2.31. The number of carbonyl (C=O) groups is 1. The number of hydrogen-bond donors (Lipinski definition) is 1. The lowest BCUT2D eigenvalue weighted by atomic mass is 10.1. The van der Waals surface area contributed by atoms with Crippen molar-refractivity contribution in [1.29, 1.82) is 5.26 Å². The van der Waals surface area contributed by atoms with E-state index in [9.17, 15) is 9.18 Å². The summed E-state index contributed by atoms with van der Waals surface area (Å²) in [4.78, 5) is 12.3.